The van der Waals surface area contributed by atoms with Gasteiger partial charge in [0.1, 0.15) is 0 Å². The molecular weight excluding hydrogens is 228 g/mol. The second-order valence-corrected chi connectivity index (χ2v) is 5.36. The van der Waals surface area contributed by atoms with Crippen LogP contribution in [0.4, 0.5) is 5.82 Å². The zero-order chi connectivity index (χ0) is 12.5. The van der Waals surface area contributed by atoms with Gasteiger partial charge in [0.2, 0.25) is 0 Å². The largest absolute Gasteiger partial charge is 0.361 e. The maximum atomic E-state index is 12.2. The van der Waals surface area contributed by atoms with Crippen LogP contribution in [0.5, 0.6) is 0 Å². The van der Waals surface area contributed by atoms with Crippen molar-refractivity contribution in [2.75, 3.05) is 11.9 Å². The lowest BCUT2D eigenvalue weighted by molar-refractivity contribution is 0.388. The summed E-state index contributed by atoms with van der Waals surface area (Å²) in [5.41, 5.74) is 0.0257. The lowest BCUT2D eigenvalue weighted by Crippen LogP contribution is -2.47. The van der Waals surface area contributed by atoms with Gasteiger partial charge in [-0.3, -0.25) is 4.79 Å². The van der Waals surface area contributed by atoms with E-state index in [2.05, 4.69) is 22.5 Å². The Bertz CT molecular complexity index is 480. The molecule has 3 rings (SSSR count). The molecule has 2 atom stereocenters. The molecule has 1 aliphatic carbocycles. The van der Waals surface area contributed by atoms with E-state index in [1.54, 1.807) is 12.4 Å². The summed E-state index contributed by atoms with van der Waals surface area (Å²) in [4.78, 5) is 16.5. The molecule has 18 heavy (non-hydrogen) atoms. The fourth-order valence-corrected chi connectivity index (χ4v) is 2.58. The summed E-state index contributed by atoms with van der Waals surface area (Å²) < 4.78 is 1.82. The van der Waals surface area contributed by atoms with Crippen LogP contribution in [0.1, 0.15) is 38.6 Å². The van der Waals surface area contributed by atoms with E-state index >= 15 is 0 Å². The molecule has 1 saturated carbocycles. The molecule has 2 N–H and O–H groups in total. The smallest absolute Gasteiger partial charge is 0.293 e. The molecule has 0 aromatic carbocycles. The monoisotopic (exact) mass is 248 g/mol. The molecule has 1 aromatic rings. The van der Waals surface area contributed by atoms with Crippen LogP contribution in [0.3, 0.4) is 0 Å². The van der Waals surface area contributed by atoms with Gasteiger partial charge in [-0.05, 0) is 39.2 Å². The van der Waals surface area contributed by atoms with Crippen LogP contribution in [0.2, 0.25) is 0 Å². The van der Waals surface area contributed by atoms with Crippen molar-refractivity contribution in [1.29, 1.82) is 0 Å². The zero-order valence-corrected chi connectivity index (χ0v) is 10.7. The third-order valence-corrected chi connectivity index (χ3v) is 3.89. The van der Waals surface area contributed by atoms with Gasteiger partial charge in [0, 0.05) is 30.5 Å². The summed E-state index contributed by atoms with van der Waals surface area (Å²) in [6.07, 6.45) is 7.99. The molecule has 2 fully saturated rings. The molecule has 98 valence electrons. The van der Waals surface area contributed by atoms with E-state index in [4.69, 9.17) is 0 Å². The fourth-order valence-electron chi connectivity index (χ4n) is 2.58. The maximum Gasteiger partial charge on any atom is 0.293 e. The number of hydrogen-bond acceptors (Lipinski definition) is 4. The van der Waals surface area contributed by atoms with E-state index in [0.717, 1.165) is 32.2 Å². The van der Waals surface area contributed by atoms with Gasteiger partial charge in [-0.1, -0.05) is 0 Å². The molecule has 0 spiro atoms. The number of anilines is 1. The quantitative estimate of drug-likeness (QED) is 0.842. The third kappa shape index (κ3) is 2.27. The summed E-state index contributed by atoms with van der Waals surface area (Å²) in [6, 6.07) is 1.09. The lowest BCUT2D eigenvalue weighted by Gasteiger charge is -2.30. The first-order chi connectivity index (χ1) is 8.75. The second-order valence-electron chi connectivity index (χ2n) is 5.36. The van der Waals surface area contributed by atoms with E-state index in [1.807, 2.05) is 4.57 Å². The minimum absolute atomic E-state index is 0.0257. The molecule has 1 aliphatic heterocycles. The van der Waals surface area contributed by atoms with E-state index < -0.39 is 0 Å². The Hall–Kier alpha value is -1.36. The Morgan fingerprint density at radius 2 is 2.28 bits per heavy atom. The summed E-state index contributed by atoms with van der Waals surface area (Å²) in [7, 11) is 0. The molecule has 1 aromatic heterocycles. The van der Waals surface area contributed by atoms with Gasteiger partial charge in [-0.15, -0.1) is 0 Å². The van der Waals surface area contributed by atoms with Crippen molar-refractivity contribution in [3.8, 4) is 0 Å². The molecule has 2 unspecified atom stereocenters. The van der Waals surface area contributed by atoms with Crippen LogP contribution in [0.15, 0.2) is 17.2 Å². The summed E-state index contributed by atoms with van der Waals surface area (Å²) in [5.74, 6) is 0.505. The number of hydrogen-bond donors (Lipinski definition) is 2. The predicted molar refractivity (Wildman–Crippen MR) is 70.9 cm³/mol. The van der Waals surface area contributed by atoms with Crippen LogP contribution in [0, 0.1) is 0 Å². The van der Waals surface area contributed by atoms with Crippen molar-refractivity contribution in [3.05, 3.63) is 22.7 Å². The van der Waals surface area contributed by atoms with Crippen LogP contribution in [-0.2, 0) is 0 Å². The van der Waals surface area contributed by atoms with Gasteiger partial charge < -0.3 is 15.2 Å². The highest BCUT2D eigenvalue weighted by Crippen LogP contribution is 2.33. The SMILES string of the molecule is CC1NCCCC1Nc1nccn(C2CC2)c1=O. The predicted octanol–water partition coefficient (Wildman–Crippen LogP) is 1.13. The van der Waals surface area contributed by atoms with Crippen LogP contribution in [0.25, 0.3) is 0 Å². The van der Waals surface area contributed by atoms with Crippen LogP contribution < -0.4 is 16.2 Å². The van der Waals surface area contributed by atoms with Crippen molar-refractivity contribution in [2.24, 2.45) is 0 Å². The molecule has 2 aliphatic rings. The molecule has 2 heterocycles. The standard InChI is InChI=1S/C13H20N4O/c1-9-11(3-2-6-14-9)16-12-13(18)17(8-7-15-12)10-4-5-10/h7-11,14H,2-6H2,1H3,(H,15,16). The van der Waals surface area contributed by atoms with Crippen molar-refractivity contribution in [1.82, 2.24) is 14.9 Å². The van der Waals surface area contributed by atoms with Gasteiger partial charge in [0.05, 0.1) is 0 Å². The normalized spacial score (nSPS) is 28.1. The molecule has 1 saturated heterocycles. The Labute approximate surface area is 107 Å². The molecule has 5 heteroatoms. The zero-order valence-electron chi connectivity index (χ0n) is 10.7. The van der Waals surface area contributed by atoms with Crippen LogP contribution in [-0.4, -0.2) is 28.2 Å². The number of nitrogens with zero attached hydrogens (tertiary/aromatic N) is 2. The summed E-state index contributed by atoms with van der Waals surface area (Å²) in [5, 5.41) is 6.74. The highest BCUT2D eigenvalue weighted by atomic mass is 16.1. The molecule has 0 radical (unpaired) electrons. The minimum Gasteiger partial charge on any atom is -0.361 e. The Kier molecular flexibility index (Phi) is 3.07. The first kappa shape index (κ1) is 11.7. The first-order valence-electron chi connectivity index (χ1n) is 6.83. The van der Waals surface area contributed by atoms with Gasteiger partial charge in [-0.2, -0.15) is 0 Å². The summed E-state index contributed by atoms with van der Waals surface area (Å²) >= 11 is 0. The topological polar surface area (TPSA) is 59.0 Å². The molecule has 5 nitrogen and oxygen atoms in total. The fraction of sp³-hybridized carbons (Fsp3) is 0.692. The van der Waals surface area contributed by atoms with E-state index in [-0.39, 0.29) is 5.56 Å². The average Bonchev–Trinajstić information content (AvgIpc) is 3.19. The van der Waals surface area contributed by atoms with E-state index in [0.29, 0.717) is 23.9 Å². The lowest BCUT2D eigenvalue weighted by atomic mass is 10.00. The molecular formula is C13H20N4O. The Balaban J connectivity index is 1.79. The minimum atomic E-state index is 0.0257. The number of nitrogens with one attached hydrogen (secondary N) is 2. The van der Waals surface area contributed by atoms with E-state index in [9.17, 15) is 4.79 Å². The first-order valence-corrected chi connectivity index (χ1v) is 6.83. The van der Waals surface area contributed by atoms with Crippen molar-refractivity contribution in [2.45, 2.75) is 50.7 Å². The number of aromatic nitrogens is 2. The molecule has 0 amide bonds. The van der Waals surface area contributed by atoms with Gasteiger partial charge >= 0.3 is 0 Å². The van der Waals surface area contributed by atoms with Crippen molar-refractivity contribution in [3.63, 3.8) is 0 Å². The van der Waals surface area contributed by atoms with Gasteiger partial charge in [-0.25, -0.2) is 4.98 Å². The van der Waals surface area contributed by atoms with Crippen LogP contribution >= 0.6 is 0 Å². The average molecular weight is 248 g/mol. The highest BCUT2D eigenvalue weighted by molar-refractivity contribution is 5.33. The number of piperidine rings is 1. The molecule has 0 bridgehead atoms. The van der Waals surface area contributed by atoms with Gasteiger partial charge in [0.15, 0.2) is 5.82 Å². The Morgan fingerprint density at radius 1 is 1.44 bits per heavy atom. The number of rotatable bonds is 3. The van der Waals surface area contributed by atoms with E-state index in [1.165, 1.54) is 0 Å². The summed E-state index contributed by atoms with van der Waals surface area (Å²) in [6.45, 7) is 3.22. The second kappa shape index (κ2) is 4.72. The Morgan fingerprint density at radius 3 is 3.00 bits per heavy atom. The van der Waals surface area contributed by atoms with Crippen molar-refractivity contribution < 1.29 is 0 Å². The maximum absolute atomic E-state index is 12.2. The highest BCUT2D eigenvalue weighted by Gasteiger charge is 2.26. The third-order valence-electron chi connectivity index (χ3n) is 3.89. The van der Waals surface area contributed by atoms with Gasteiger partial charge in [0.25, 0.3) is 5.56 Å². The van der Waals surface area contributed by atoms with Crippen molar-refractivity contribution >= 4 is 5.82 Å².